The lowest BCUT2D eigenvalue weighted by atomic mass is 10.3. The van der Waals surface area contributed by atoms with E-state index in [9.17, 15) is 9.59 Å². The molecule has 1 amide bonds. The molecule has 0 saturated carbocycles. The molecule has 2 rings (SSSR count). The minimum Gasteiger partial charge on any atom is -0.486 e. The van der Waals surface area contributed by atoms with Gasteiger partial charge in [0.15, 0.2) is 6.10 Å². The highest BCUT2D eigenvalue weighted by atomic mass is 16.6. The molecule has 2 aromatic rings. The van der Waals surface area contributed by atoms with Gasteiger partial charge in [0.1, 0.15) is 18.1 Å². The van der Waals surface area contributed by atoms with E-state index in [0.29, 0.717) is 11.5 Å². The number of nitrogens with two attached hydrogens (primary N) is 1. The van der Waals surface area contributed by atoms with Crippen molar-refractivity contribution < 1.29 is 23.5 Å². The summed E-state index contributed by atoms with van der Waals surface area (Å²) in [5.41, 5.74) is 5.01. The maximum absolute atomic E-state index is 11.7. The van der Waals surface area contributed by atoms with Crippen LogP contribution in [0.25, 0.3) is 0 Å². The molecule has 0 radical (unpaired) electrons. The number of ether oxygens (including phenoxy) is 2. The van der Waals surface area contributed by atoms with Gasteiger partial charge in [0.05, 0.1) is 0 Å². The Kier molecular flexibility index (Phi) is 4.61. The first kappa shape index (κ1) is 14.6. The van der Waals surface area contributed by atoms with Crippen LogP contribution in [-0.2, 0) is 16.1 Å². The third-order valence-corrected chi connectivity index (χ3v) is 2.67. The molecule has 110 valence electrons. The molecule has 0 aliphatic rings. The summed E-state index contributed by atoms with van der Waals surface area (Å²) in [7, 11) is 0. The van der Waals surface area contributed by atoms with Crippen molar-refractivity contribution in [2.45, 2.75) is 19.6 Å². The van der Waals surface area contributed by atoms with E-state index in [4.69, 9.17) is 19.6 Å². The summed E-state index contributed by atoms with van der Waals surface area (Å²) < 4.78 is 15.6. The van der Waals surface area contributed by atoms with E-state index in [1.165, 1.54) is 13.0 Å². The smallest absolute Gasteiger partial charge is 0.375 e. The van der Waals surface area contributed by atoms with Crippen LogP contribution in [0.4, 0.5) is 0 Å². The van der Waals surface area contributed by atoms with E-state index in [2.05, 4.69) is 0 Å². The SMILES string of the molecule is C[C@@H](OC(=O)c1ccc(COc2ccccc2)o1)C(N)=O. The Morgan fingerprint density at radius 1 is 1.19 bits per heavy atom. The van der Waals surface area contributed by atoms with Gasteiger partial charge in [-0.2, -0.15) is 0 Å². The van der Waals surface area contributed by atoms with Crippen LogP contribution in [0.1, 0.15) is 23.2 Å². The maximum atomic E-state index is 11.7. The van der Waals surface area contributed by atoms with Crippen molar-refractivity contribution >= 4 is 11.9 Å². The van der Waals surface area contributed by atoms with Gasteiger partial charge in [-0.15, -0.1) is 0 Å². The Bertz CT molecular complexity index is 620. The Balaban J connectivity index is 1.92. The minimum atomic E-state index is -1.01. The maximum Gasteiger partial charge on any atom is 0.375 e. The third kappa shape index (κ3) is 4.10. The van der Waals surface area contributed by atoms with Gasteiger partial charge in [-0.05, 0) is 31.2 Å². The summed E-state index contributed by atoms with van der Waals surface area (Å²) in [5, 5.41) is 0. The average molecular weight is 289 g/mol. The molecule has 0 bridgehead atoms. The van der Waals surface area contributed by atoms with Crippen molar-refractivity contribution in [1.82, 2.24) is 0 Å². The predicted octanol–water partition coefficient (Wildman–Crippen LogP) is 1.89. The van der Waals surface area contributed by atoms with Crippen LogP contribution in [0.2, 0.25) is 0 Å². The number of hydrogen-bond donors (Lipinski definition) is 1. The zero-order valence-electron chi connectivity index (χ0n) is 11.4. The molecule has 1 aromatic carbocycles. The second-order valence-electron chi connectivity index (χ2n) is 4.32. The van der Waals surface area contributed by atoms with Gasteiger partial charge in [0.2, 0.25) is 5.76 Å². The zero-order valence-corrected chi connectivity index (χ0v) is 11.4. The van der Waals surface area contributed by atoms with E-state index in [-0.39, 0.29) is 12.4 Å². The molecule has 0 fully saturated rings. The fraction of sp³-hybridized carbons (Fsp3) is 0.200. The highest BCUT2D eigenvalue weighted by Crippen LogP contribution is 2.14. The minimum absolute atomic E-state index is 0.00485. The third-order valence-electron chi connectivity index (χ3n) is 2.67. The van der Waals surface area contributed by atoms with Crippen LogP contribution in [0, 0.1) is 0 Å². The lowest BCUT2D eigenvalue weighted by Gasteiger charge is -2.07. The van der Waals surface area contributed by atoms with Gasteiger partial charge in [-0.3, -0.25) is 4.79 Å². The first-order chi connectivity index (χ1) is 10.1. The number of esters is 1. The number of para-hydroxylation sites is 1. The second kappa shape index (κ2) is 6.60. The molecule has 1 atom stereocenters. The number of rotatable bonds is 6. The van der Waals surface area contributed by atoms with E-state index >= 15 is 0 Å². The molecule has 2 N–H and O–H groups in total. The molecular weight excluding hydrogens is 274 g/mol. The van der Waals surface area contributed by atoms with Crippen molar-refractivity contribution in [2.24, 2.45) is 5.73 Å². The van der Waals surface area contributed by atoms with Gasteiger partial charge < -0.3 is 19.6 Å². The largest absolute Gasteiger partial charge is 0.486 e. The van der Waals surface area contributed by atoms with Gasteiger partial charge >= 0.3 is 5.97 Å². The molecule has 0 saturated heterocycles. The molecule has 0 aliphatic heterocycles. The van der Waals surface area contributed by atoms with Crippen LogP contribution in [0.5, 0.6) is 5.75 Å². The Hall–Kier alpha value is -2.76. The lowest BCUT2D eigenvalue weighted by molar-refractivity contribution is -0.125. The fourth-order valence-corrected chi connectivity index (χ4v) is 1.51. The molecule has 1 aromatic heterocycles. The number of furan rings is 1. The summed E-state index contributed by atoms with van der Waals surface area (Å²) >= 11 is 0. The van der Waals surface area contributed by atoms with E-state index < -0.39 is 18.0 Å². The quantitative estimate of drug-likeness (QED) is 0.820. The average Bonchev–Trinajstić information content (AvgIpc) is 2.95. The first-order valence-electron chi connectivity index (χ1n) is 6.33. The summed E-state index contributed by atoms with van der Waals surface area (Å²) in [5.74, 6) is -0.303. The van der Waals surface area contributed by atoms with E-state index in [1.54, 1.807) is 6.07 Å². The summed E-state index contributed by atoms with van der Waals surface area (Å²) in [6.07, 6.45) is -1.01. The molecule has 0 spiro atoms. The highest BCUT2D eigenvalue weighted by Gasteiger charge is 2.19. The van der Waals surface area contributed by atoms with Gasteiger partial charge in [0.25, 0.3) is 5.91 Å². The van der Waals surface area contributed by atoms with Crippen molar-refractivity contribution in [3.05, 3.63) is 54.0 Å². The first-order valence-corrected chi connectivity index (χ1v) is 6.33. The summed E-state index contributed by atoms with van der Waals surface area (Å²) in [6, 6.07) is 12.3. The zero-order chi connectivity index (χ0) is 15.2. The van der Waals surface area contributed by atoms with E-state index in [0.717, 1.165) is 0 Å². The molecule has 6 heteroatoms. The molecule has 6 nitrogen and oxygen atoms in total. The number of amides is 1. The van der Waals surface area contributed by atoms with Gasteiger partial charge in [0, 0.05) is 0 Å². The van der Waals surface area contributed by atoms with Crippen molar-refractivity contribution in [1.29, 1.82) is 0 Å². The highest BCUT2D eigenvalue weighted by molar-refractivity contribution is 5.89. The van der Waals surface area contributed by atoms with Crippen molar-refractivity contribution in [3.8, 4) is 5.75 Å². The molecular formula is C15H15NO5. The topological polar surface area (TPSA) is 91.8 Å². The Labute approximate surface area is 121 Å². The predicted molar refractivity (Wildman–Crippen MR) is 73.6 cm³/mol. The number of hydrogen-bond acceptors (Lipinski definition) is 5. The molecule has 0 aliphatic carbocycles. The normalized spacial score (nSPS) is 11.7. The monoisotopic (exact) mass is 289 g/mol. The summed E-state index contributed by atoms with van der Waals surface area (Å²) in [6.45, 7) is 1.57. The number of carbonyl (C=O) groups is 2. The lowest BCUT2D eigenvalue weighted by Crippen LogP contribution is -2.30. The van der Waals surface area contributed by atoms with Crippen LogP contribution in [0.15, 0.2) is 46.9 Å². The Morgan fingerprint density at radius 2 is 1.90 bits per heavy atom. The molecule has 21 heavy (non-hydrogen) atoms. The molecule has 0 unspecified atom stereocenters. The number of benzene rings is 1. The van der Waals surface area contributed by atoms with Crippen LogP contribution in [0.3, 0.4) is 0 Å². The Morgan fingerprint density at radius 3 is 2.57 bits per heavy atom. The standard InChI is InChI=1S/C15H15NO5/c1-10(14(16)17)20-15(18)13-8-7-12(21-13)9-19-11-5-3-2-4-6-11/h2-8,10H,9H2,1H3,(H2,16,17)/t10-/m1/s1. The van der Waals surface area contributed by atoms with Gasteiger partial charge in [-0.1, -0.05) is 18.2 Å². The second-order valence-corrected chi connectivity index (χ2v) is 4.32. The number of carbonyl (C=O) groups excluding carboxylic acids is 2. The van der Waals surface area contributed by atoms with Crippen LogP contribution in [-0.4, -0.2) is 18.0 Å². The van der Waals surface area contributed by atoms with Crippen molar-refractivity contribution in [2.75, 3.05) is 0 Å². The van der Waals surface area contributed by atoms with Crippen molar-refractivity contribution in [3.63, 3.8) is 0 Å². The van der Waals surface area contributed by atoms with E-state index in [1.807, 2.05) is 30.3 Å². The van der Waals surface area contributed by atoms with Gasteiger partial charge in [-0.25, -0.2) is 4.79 Å². The van der Waals surface area contributed by atoms with Crippen LogP contribution < -0.4 is 10.5 Å². The summed E-state index contributed by atoms with van der Waals surface area (Å²) in [4.78, 5) is 22.5. The van der Waals surface area contributed by atoms with Crippen LogP contribution >= 0.6 is 0 Å². The number of primary amides is 1. The fourth-order valence-electron chi connectivity index (χ4n) is 1.51. The molecule has 1 heterocycles.